The number of rotatable bonds is 6. The number of carbonyl (C=O) groups excluding carboxylic acids is 1. The summed E-state index contributed by atoms with van der Waals surface area (Å²) in [5.41, 5.74) is 1.02. The number of ether oxygens (including phenoxy) is 1. The first-order valence-corrected chi connectivity index (χ1v) is 8.92. The van der Waals surface area contributed by atoms with E-state index in [-0.39, 0.29) is 30.8 Å². The number of nitrogens with one attached hydrogen (secondary N) is 2. The van der Waals surface area contributed by atoms with Gasteiger partial charge in [0.2, 0.25) is 0 Å². The number of carbonyl (C=O) groups is 1. The summed E-state index contributed by atoms with van der Waals surface area (Å²) in [7, 11) is 0. The smallest absolute Gasteiger partial charge is 0.315 e. The highest BCUT2D eigenvalue weighted by Gasteiger charge is 2.22. The molecule has 1 aromatic rings. The third-order valence-corrected chi connectivity index (χ3v) is 4.52. The van der Waals surface area contributed by atoms with Crippen molar-refractivity contribution in [2.24, 2.45) is 5.92 Å². The maximum Gasteiger partial charge on any atom is 0.315 e. The third kappa shape index (κ3) is 5.71. The second-order valence-electron chi connectivity index (χ2n) is 6.98. The second kappa shape index (κ2) is 8.92. The molecule has 0 spiro atoms. The molecule has 1 aliphatic carbocycles. The van der Waals surface area contributed by atoms with Crippen molar-refractivity contribution < 1.29 is 14.6 Å². The SMILES string of the molecule is CC(C)Oc1cccc(C(C)NC(=O)NC2CCC(CO)CC2)c1. The summed E-state index contributed by atoms with van der Waals surface area (Å²) in [6.07, 6.45) is 3.95. The highest BCUT2D eigenvalue weighted by Crippen LogP contribution is 2.24. The van der Waals surface area contributed by atoms with Crippen LogP contribution in [0.15, 0.2) is 24.3 Å². The van der Waals surface area contributed by atoms with Crippen LogP contribution in [0.1, 0.15) is 58.1 Å². The van der Waals surface area contributed by atoms with Crippen molar-refractivity contribution in [3.63, 3.8) is 0 Å². The Hall–Kier alpha value is -1.75. The predicted molar refractivity (Wildman–Crippen MR) is 95.1 cm³/mol. The Morgan fingerprint density at radius 3 is 2.58 bits per heavy atom. The molecule has 0 bridgehead atoms. The predicted octanol–water partition coefficient (Wildman–Crippen LogP) is 3.39. The Labute approximate surface area is 144 Å². The van der Waals surface area contributed by atoms with Gasteiger partial charge in [0.05, 0.1) is 12.1 Å². The molecule has 3 N–H and O–H groups in total. The fourth-order valence-electron chi connectivity index (χ4n) is 3.13. The Balaban J connectivity index is 1.83. The zero-order chi connectivity index (χ0) is 17.5. The van der Waals surface area contributed by atoms with Crippen LogP contribution in [-0.2, 0) is 0 Å². The van der Waals surface area contributed by atoms with Crippen LogP contribution in [0.3, 0.4) is 0 Å². The molecule has 1 aromatic carbocycles. The minimum atomic E-state index is -0.134. The lowest BCUT2D eigenvalue weighted by Gasteiger charge is -2.28. The molecule has 1 unspecified atom stereocenters. The van der Waals surface area contributed by atoms with E-state index in [1.165, 1.54) is 0 Å². The van der Waals surface area contributed by atoms with Gasteiger partial charge < -0.3 is 20.5 Å². The highest BCUT2D eigenvalue weighted by molar-refractivity contribution is 5.74. The third-order valence-electron chi connectivity index (χ3n) is 4.52. The van der Waals surface area contributed by atoms with Gasteiger partial charge in [-0.05, 0) is 70.1 Å². The van der Waals surface area contributed by atoms with Crippen molar-refractivity contribution in [1.82, 2.24) is 10.6 Å². The van der Waals surface area contributed by atoms with Gasteiger partial charge >= 0.3 is 6.03 Å². The van der Waals surface area contributed by atoms with Crippen molar-refractivity contribution in [3.05, 3.63) is 29.8 Å². The maximum absolute atomic E-state index is 12.2. The first-order valence-electron chi connectivity index (χ1n) is 8.92. The van der Waals surface area contributed by atoms with Crippen LogP contribution >= 0.6 is 0 Å². The highest BCUT2D eigenvalue weighted by atomic mass is 16.5. The lowest BCUT2D eigenvalue weighted by Crippen LogP contribution is -2.44. The quantitative estimate of drug-likeness (QED) is 0.747. The van der Waals surface area contributed by atoms with Gasteiger partial charge in [0, 0.05) is 12.6 Å². The largest absolute Gasteiger partial charge is 0.491 e. The van der Waals surface area contributed by atoms with E-state index in [1.54, 1.807) is 0 Å². The summed E-state index contributed by atoms with van der Waals surface area (Å²) in [6.45, 7) is 6.21. The lowest BCUT2D eigenvalue weighted by atomic mass is 9.87. The van der Waals surface area contributed by atoms with Crippen molar-refractivity contribution in [3.8, 4) is 5.75 Å². The number of benzene rings is 1. The minimum Gasteiger partial charge on any atom is -0.491 e. The first-order chi connectivity index (χ1) is 11.5. The Morgan fingerprint density at radius 2 is 1.96 bits per heavy atom. The van der Waals surface area contributed by atoms with Crippen LogP contribution in [-0.4, -0.2) is 29.9 Å². The van der Waals surface area contributed by atoms with Crippen molar-refractivity contribution in [2.45, 2.75) is 64.6 Å². The fourth-order valence-corrected chi connectivity index (χ4v) is 3.13. The van der Waals surface area contributed by atoms with Gasteiger partial charge in [-0.15, -0.1) is 0 Å². The van der Waals surface area contributed by atoms with E-state index in [9.17, 15) is 9.90 Å². The average Bonchev–Trinajstić information content (AvgIpc) is 2.55. The summed E-state index contributed by atoms with van der Waals surface area (Å²) in [4.78, 5) is 12.2. The number of aliphatic hydroxyl groups excluding tert-OH is 1. The zero-order valence-electron chi connectivity index (χ0n) is 14.9. The van der Waals surface area contributed by atoms with Gasteiger partial charge in [-0.25, -0.2) is 4.79 Å². The molecule has 0 saturated heterocycles. The number of urea groups is 1. The summed E-state index contributed by atoms with van der Waals surface area (Å²) in [5, 5.41) is 15.2. The van der Waals surface area contributed by atoms with E-state index < -0.39 is 0 Å². The van der Waals surface area contributed by atoms with Gasteiger partial charge in [0.1, 0.15) is 5.75 Å². The Morgan fingerprint density at radius 1 is 1.25 bits per heavy atom. The first kappa shape index (κ1) is 18.6. The summed E-state index contributed by atoms with van der Waals surface area (Å²) < 4.78 is 5.70. The monoisotopic (exact) mass is 334 g/mol. The average molecular weight is 334 g/mol. The molecule has 1 saturated carbocycles. The molecular weight excluding hydrogens is 304 g/mol. The summed E-state index contributed by atoms with van der Waals surface area (Å²) in [5.74, 6) is 1.22. The van der Waals surface area contributed by atoms with Crippen molar-refractivity contribution in [2.75, 3.05) is 6.61 Å². The van der Waals surface area contributed by atoms with Crippen LogP contribution in [0.25, 0.3) is 0 Å². The van der Waals surface area contributed by atoms with Crippen LogP contribution in [0.4, 0.5) is 4.79 Å². The van der Waals surface area contributed by atoms with Crippen LogP contribution in [0.5, 0.6) is 5.75 Å². The second-order valence-corrected chi connectivity index (χ2v) is 6.98. The van der Waals surface area contributed by atoms with Crippen LogP contribution in [0.2, 0.25) is 0 Å². The van der Waals surface area contributed by atoms with E-state index >= 15 is 0 Å². The van der Waals surface area contributed by atoms with E-state index in [0.717, 1.165) is 37.0 Å². The molecule has 2 amide bonds. The van der Waals surface area contributed by atoms with Crippen LogP contribution < -0.4 is 15.4 Å². The summed E-state index contributed by atoms with van der Waals surface area (Å²) in [6, 6.07) is 7.81. The van der Waals surface area contributed by atoms with Gasteiger partial charge in [-0.1, -0.05) is 12.1 Å². The van der Waals surface area contributed by atoms with Crippen molar-refractivity contribution >= 4 is 6.03 Å². The van der Waals surface area contributed by atoms with Gasteiger partial charge in [0.25, 0.3) is 0 Å². The van der Waals surface area contributed by atoms with Gasteiger partial charge in [0.15, 0.2) is 0 Å². The Bertz CT molecular complexity index is 525. The van der Waals surface area contributed by atoms with E-state index in [2.05, 4.69) is 10.6 Å². The Kier molecular flexibility index (Phi) is 6.91. The number of hydrogen-bond donors (Lipinski definition) is 3. The standard InChI is InChI=1S/C19H30N2O3/c1-13(2)24-18-6-4-5-16(11-18)14(3)20-19(23)21-17-9-7-15(12-22)8-10-17/h4-6,11,13-15,17,22H,7-10,12H2,1-3H3,(H2,20,21,23). The zero-order valence-corrected chi connectivity index (χ0v) is 14.9. The molecule has 1 aliphatic rings. The van der Waals surface area contributed by atoms with E-state index in [4.69, 9.17) is 4.74 Å². The molecule has 1 fully saturated rings. The molecule has 24 heavy (non-hydrogen) atoms. The maximum atomic E-state index is 12.2. The normalized spacial score (nSPS) is 22.0. The van der Waals surface area contributed by atoms with Gasteiger partial charge in [-0.3, -0.25) is 0 Å². The molecule has 5 nitrogen and oxygen atoms in total. The molecule has 0 radical (unpaired) electrons. The van der Waals surface area contributed by atoms with E-state index in [0.29, 0.717) is 5.92 Å². The molecule has 5 heteroatoms. The summed E-state index contributed by atoms with van der Waals surface area (Å²) >= 11 is 0. The number of aliphatic hydroxyl groups is 1. The fraction of sp³-hybridized carbons (Fsp3) is 0.632. The topological polar surface area (TPSA) is 70.6 Å². The molecular formula is C19H30N2O3. The number of amides is 2. The molecule has 1 atom stereocenters. The minimum absolute atomic E-state index is 0.0884. The molecule has 0 aromatic heterocycles. The lowest BCUT2D eigenvalue weighted by molar-refractivity contribution is 0.174. The number of hydrogen-bond acceptors (Lipinski definition) is 3. The molecule has 0 heterocycles. The molecule has 2 rings (SSSR count). The van der Waals surface area contributed by atoms with Gasteiger partial charge in [-0.2, -0.15) is 0 Å². The van der Waals surface area contributed by atoms with Crippen LogP contribution in [0, 0.1) is 5.92 Å². The van der Waals surface area contributed by atoms with E-state index in [1.807, 2.05) is 45.0 Å². The molecule has 134 valence electrons. The van der Waals surface area contributed by atoms with Crippen molar-refractivity contribution in [1.29, 1.82) is 0 Å². The molecule has 0 aliphatic heterocycles.